The van der Waals surface area contributed by atoms with Crippen molar-refractivity contribution in [2.75, 3.05) is 0 Å². The fourth-order valence-electron chi connectivity index (χ4n) is 2.67. The molecule has 27 heavy (non-hydrogen) atoms. The average molecular weight is 367 g/mol. The van der Waals surface area contributed by atoms with E-state index in [0.29, 0.717) is 22.5 Å². The van der Waals surface area contributed by atoms with E-state index in [2.05, 4.69) is 20.5 Å². The van der Waals surface area contributed by atoms with E-state index in [1.165, 1.54) is 12.5 Å². The van der Waals surface area contributed by atoms with E-state index >= 15 is 0 Å². The van der Waals surface area contributed by atoms with Gasteiger partial charge in [0.25, 0.3) is 11.8 Å². The highest BCUT2D eigenvalue weighted by molar-refractivity contribution is 6.38. The topological polar surface area (TPSA) is 144 Å². The first-order valence-corrected chi connectivity index (χ1v) is 8.09. The SMILES string of the molecule is Cc1[nH]nc(C(=O)NC(Cc2ccoc2)C(=O)C(N)=O)c1-c1ccccn1. The zero-order chi connectivity index (χ0) is 19.4. The molecule has 0 saturated heterocycles. The monoisotopic (exact) mass is 367 g/mol. The molecule has 0 aliphatic carbocycles. The van der Waals surface area contributed by atoms with Crippen molar-refractivity contribution in [1.82, 2.24) is 20.5 Å². The number of aryl methyl sites for hydroxylation is 1. The summed E-state index contributed by atoms with van der Waals surface area (Å²) in [5.41, 5.74) is 7.53. The lowest BCUT2D eigenvalue weighted by molar-refractivity contribution is -0.137. The molecule has 1 atom stereocenters. The van der Waals surface area contributed by atoms with Crippen molar-refractivity contribution in [3.8, 4) is 11.3 Å². The van der Waals surface area contributed by atoms with Gasteiger partial charge in [0.05, 0.1) is 23.8 Å². The number of aromatic nitrogens is 3. The number of rotatable bonds is 7. The van der Waals surface area contributed by atoms with Gasteiger partial charge in [0.2, 0.25) is 5.78 Å². The van der Waals surface area contributed by atoms with Gasteiger partial charge >= 0.3 is 0 Å². The number of carbonyl (C=O) groups excluding carboxylic acids is 3. The van der Waals surface area contributed by atoms with Gasteiger partial charge in [-0.3, -0.25) is 24.5 Å². The molecule has 3 heterocycles. The Morgan fingerprint density at radius 1 is 1.30 bits per heavy atom. The number of nitrogens with two attached hydrogens (primary N) is 1. The number of H-pyrrole nitrogens is 1. The molecule has 2 amide bonds. The Hall–Kier alpha value is -3.75. The summed E-state index contributed by atoms with van der Waals surface area (Å²) >= 11 is 0. The Bertz CT molecular complexity index is 963. The minimum absolute atomic E-state index is 0.0618. The van der Waals surface area contributed by atoms with Crippen LogP contribution in [-0.4, -0.2) is 38.8 Å². The largest absolute Gasteiger partial charge is 0.472 e. The van der Waals surface area contributed by atoms with Crippen LogP contribution in [-0.2, 0) is 16.0 Å². The van der Waals surface area contributed by atoms with Crippen LogP contribution in [0.2, 0.25) is 0 Å². The average Bonchev–Trinajstić information content (AvgIpc) is 3.30. The second kappa shape index (κ2) is 7.65. The number of ketones is 1. The maximum atomic E-state index is 12.8. The number of aromatic amines is 1. The number of amides is 2. The third kappa shape index (κ3) is 3.92. The number of hydrogen-bond acceptors (Lipinski definition) is 6. The lowest BCUT2D eigenvalue weighted by Gasteiger charge is -2.15. The summed E-state index contributed by atoms with van der Waals surface area (Å²) in [6.45, 7) is 1.76. The molecule has 0 fully saturated rings. The number of hydrogen-bond donors (Lipinski definition) is 3. The number of furan rings is 1. The van der Waals surface area contributed by atoms with Crippen LogP contribution >= 0.6 is 0 Å². The van der Waals surface area contributed by atoms with Crippen molar-refractivity contribution < 1.29 is 18.8 Å². The van der Waals surface area contributed by atoms with Gasteiger partial charge in [-0.2, -0.15) is 5.10 Å². The van der Waals surface area contributed by atoms with Crippen LogP contribution in [0.5, 0.6) is 0 Å². The van der Waals surface area contributed by atoms with Crippen molar-refractivity contribution in [3.05, 3.63) is 59.9 Å². The normalized spacial score (nSPS) is 11.7. The summed E-state index contributed by atoms with van der Waals surface area (Å²) in [6.07, 6.45) is 4.51. The molecule has 1 unspecified atom stereocenters. The van der Waals surface area contributed by atoms with Gasteiger partial charge in [-0.1, -0.05) is 6.07 Å². The van der Waals surface area contributed by atoms with E-state index in [-0.39, 0.29) is 12.1 Å². The number of nitrogens with zero attached hydrogens (tertiary/aromatic N) is 2. The van der Waals surface area contributed by atoms with E-state index in [1.54, 1.807) is 37.4 Å². The molecule has 0 spiro atoms. The summed E-state index contributed by atoms with van der Waals surface area (Å²) < 4.78 is 4.96. The standard InChI is InChI=1S/C18H17N5O4/c1-10-14(12-4-2-3-6-20-12)15(23-22-10)18(26)21-13(16(24)17(19)25)8-11-5-7-27-9-11/h2-7,9,13H,8H2,1H3,(H2,19,25)(H,21,26)(H,22,23). The lowest BCUT2D eigenvalue weighted by atomic mass is 10.0. The minimum atomic E-state index is -1.14. The summed E-state index contributed by atoms with van der Waals surface area (Å²) in [5, 5.41) is 9.30. The lowest BCUT2D eigenvalue weighted by Crippen LogP contribution is -2.47. The van der Waals surface area contributed by atoms with Crippen molar-refractivity contribution in [3.63, 3.8) is 0 Å². The second-order valence-corrected chi connectivity index (χ2v) is 5.88. The summed E-state index contributed by atoms with van der Waals surface area (Å²) in [6, 6.07) is 5.78. The van der Waals surface area contributed by atoms with E-state index in [9.17, 15) is 14.4 Å². The van der Waals surface area contributed by atoms with Crippen molar-refractivity contribution in [2.45, 2.75) is 19.4 Å². The van der Waals surface area contributed by atoms with Crippen molar-refractivity contribution in [1.29, 1.82) is 0 Å². The zero-order valence-electron chi connectivity index (χ0n) is 14.4. The summed E-state index contributed by atoms with van der Waals surface area (Å²) in [5.74, 6) is -2.66. The molecule has 0 aliphatic heterocycles. The first kappa shape index (κ1) is 18.1. The number of Topliss-reactive ketones (excluding diaryl/α,β-unsaturated/α-hetero) is 1. The second-order valence-electron chi connectivity index (χ2n) is 5.88. The molecule has 138 valence electrons. The zero-order valence-corrected chi connectivity index (χ0v) is 14.4. The Morgan fingerprint density at radius 3 is 2.74 bits per heavy atom. The van der Waals surface area contributed by atoms with Gasteiger partial charge < -0.3 is 15.5 Å². The van der Waals surface area contributed by atoms with E-state index in [0.717, 1.165) is 0 Å². The van der Waals surface area contributed by atoms with Gasteiger partial charge in [-0.25, -0.2) is 0 Å². The van der Waals surface area contributed by atoms with Crippen LogP contribution in [0.3, 0.4) is 0 Å². The molecule has 0 radical (unpaired) electrons. The predicted octanol–water partition coefficient (Wildman–Crippen LogP) is 0.769. The smallest absolute Gasteiger partial charge is 0.287 e. The third-order valence-corrected chi connectivity index (χ3v) is 3.97. The molecular formula is C18H17N5O4. The molecule has 9 heteroatoms. The van der Waals surface area contributed by atoms with Crippen LogP contribution in [0.4, 0.5) is 0 Å². The summed E-state index contributed by atoms with van der Waals surface area (Å²) in [4.78, 5) is 40.5. The highest BCUT2D eigenvalue weighted by Crippen LogP contribution is 2.23. The fraction of sp³-hybridized carbons (Fsp3) is 0.167. The molecule has 0 saturated carbocycles. The van der Waals surface area contributed by atoms with Crippen LogP contribution in [0.1, 0.15) is 21.7 Å². The first-order chi connectivity index (χ1) is 13.0. The maximum absolute atomic E-state index is 12.8. The van der Waals surface area contributed by atoms with Gasteiger partial charge in [0, 0.05) is 18.3 Å². The Labute approximate surface area is 154 Å². The van der Waals surface area contributed by atoms with Crippen molar-refractivity contribution in [2.24, 2.45) is 5.73 Å². The highest BCUT2D eigenvalue weighted by Gasteiger charge is 2.28. The maximum Gasteiger partial charge on any atom is 0.287 e. The number of carbonyl (C=O) groups is 3. The molecule has 9 nitrogen and oxygen atoms in total. The number of pyridine rings is 1. The third-order valence-electron chi connectivity index (χ3n) is 3.97. The molecule has 3 aromatic heterocycles. The van der Waals surface area contributed by atoms with Gasteiger partial charge in [0.1, 0.15) is 6.04 Å². The Kier molecular flexibility index (Phi) is 5.11. The van der Waals surface area contributed by atoms with E-state index in [1.807, 2.05) is 0 Å². The molecule has 0 aromatic carbocycles. The van der Waals surface area contributed by atoms with Crippen LogP contribution < -0.4 is 11.1 Å². The van der Waals surface area contributed by atoms with E-state index in [4.69, 9.17) is 10.2 Å². The fourth-order valence-corrected chi connectivity index (χ4v) is 2.67. The Morgan fingerprint density at radius 2 is 2.11 bits per heavy atom. The molecule has 4 N–H and O–H groups in total. The predicted molar refractivity (Wildman–Crippen MR) is 94.4 cm³/mol. The quantitative estimate of drug-likeness (QED) is 0.526. The Balaban J connectivity index is 1.88. The van der Waals surface area contributed by atoms with Gasteiger partial charge in [0.15, 0.2) is 5.69 Å². The van der Waals surface area contributed by atoms with Crippen LogP contribution in [0.15, 0.2) is 47.4 Å². The van der Waals surface area contributed by atoms with Crippen LogP contribution in [0.25, 0.3) is 11.3 Å². The summed E-state index contributed by atoms with van der Waals surface area (Å²) in [7, 11) is 0. The molecule has 3 rings (SSSR count). The van der Waals surface area contributed by atoms with Gasteiger partial charge in [-0.15, -0.1) is 0 Å². The highest BCUT2D eigenvalue weighted by atomic mass is 16.3. The minimum Gasteiger partial charge on any atom is -0.472 e. The van der Waals surface area contributed by atoms with E-state index < -0.39 is 23.6 Å². The molecule has 0 bridgehead atoms. The van der Waals surface area contributed by atoms with Gasteiger partial charge in [-0.05, 0) is 30.7 Å². The van der Waals surface area contributed by atoms with Crippen LogP contribution in [0, 0.1) is 6.92 Å². The molecule has 3 aromatic rings. The molecular weight excluding hydrogens is 350 g/mol. The molecule has 0 aliphatic rings. The van der Waals surface area contributed by atoms with Crippen molar-refractivity contribution >= 4 is 17.6 Å². The first-order valence-electron chi connectivity index (χ1n) is 8.09. The number of primary amides is 1. The number of nitrogens with one attached hydrogen (secondary N) is 2.